The van der Waals surface area contributed by atoms with Gasteiger partial charge < -0.3 is 24.5 Å². The van der Waals surface area contributed by atoms with Crippen molar-refractivity contribution in [3.8, 4) is 0 Å². The Labute approximate surface area is 401 Å². The predicted molar refractivity (Wildman–Crippen MR) is 251 cm³/mol. The summed E-state index contributed by atoms with van der Waals surface area (Å²) in [5.41, 5.74) is 1.94. The summed E-state index contributed by atoms with van der Waals surface area (Å²) in [4.78, 5) is 62.0. The second-order valence-corrected chi connectivity index (χ2v) is 17.2. The maximum absolute atomic E-state index is 13.7. The number of amides is 2. The van der Waals surface area contributed by atoms with Crippen LogP contribution in [0, 0.1) is 46.5 Å². The summed E-state index contributed by atoms with van der Waals surface area (Å²) in [6.45, 7) is 10.3. The minimum absolute atomic E-state index is 0.00400. The molecule has 9 nitrogen and oxygen atoms in total. The first-order valence-electron chi connectivity index (χ1n) is 22.8. The predicted octanol–water partition coefficient (Wildman–Crippen LogP) is 8.61. The number of nitrogens with zero attached hydrogens (tertiary/aromatic N) is 5. The Morgan fingerprint density at radius 3 is 1.10 bits per heavy atom. The van der Waals surface area contributed by atoms with Gasteiger partial charge in [0.2, 0.25) is 11.8 Å². The Balaban J connectivity index is 0.000000230. The average molecular weight is 976 g/mol. The zero-order chi connectivity index (χ0) is 50.6. The number of piperidine rings is 2. The van der Waals surface area contributed by atoms with E-state index < -0.39 is 58.1 Å². The van der Waals surface area contributed by atoms with Gasteiger partial charge in [-0.05, 0) is 115 Å². The number of benzene rings is 4. The van der Waals surface area contributed by atoms with Gasteiger partial charge in [-0.2, -0.15) is 0 Å². The number of carbonyl (C=O) groups is 4. The molecule has 3 fully saturated rings. The van der Waals surface area contributed by atoms with E-state index in [0.717, 1.165) is 87.8 Å². The summed E-state index contributed by atoms with van der Waals surface area (Å²) in [7, 11) is 2.05. The van der Waals surface area contributed by atoms with Crippen molar-refractivity contribution in [2.45, 2.75) is 26.7 Å². The van der Waals surface area contributed by atoms with Gasteiger partial charge in [0.15, 0.2) is 58.1 Å². The second kappa shape index (κ2) is 24.3. The van der Waals surface area contributed by atoms with Crippen LogP contribution in [0.4, 0.5) is 35.1 Å². The van der Waals surface area contributed by atoms with E-state index in [1.807, 2.05) is 13.8 Å². The van der Waals surface area contributed by atoms with E-state index in [0.29, 0.717) is 13.1 Å². The van der Waals surface area contributed by atoms with Crippen LogP contribution in [0.3, 0.4) is 0 Å². The van der Waals surface area contributed by atoms with E-state index in [-0.39, 0.29) is 95.4 Å². The number of likely N-dealkylation sites (N-methyl/N-ethyl adjacent to an activating group) is 1. The normalized spacial score (nSPS) is 18.3. The molecule has 3 aliphatic rings. The molecule has 3 heterocycles. The quantitative estimate of drug-likeness (QED) is 0.104. The molecule has 0 aromatic heterocycles. The third-order valence-corrected chi connectivity index (χ3v) is 12.2. The van der Waals surface area contributed by atoms with Gasteiger partial charge in [0.25, 0.3) is 0 Å². The summed E-state index contributed by atoms with van der Waals surface area (Å²) >= 11 is 0. The third kappa shape index (κ3) is 14.3. The van der Waals surface area contributed by atoms with Gasteiger partial charge in [-0.25, -0.2) is 35.1 Å². The maximum Gasteiger partial charge on any atom is 0.224 e. The number of likely N-dealkylation sites (tertiary alicyclic amines) is 2. The molecule has 370 valence electrons. The van der Waals surface area contributed by atoms with E-state index in [9.17, 15) is 54.3 Å². The summed E-state index contributed by atoms with van der Waals surface area (Å²) in [5, 5.41) is 0. The molecule has 0 unspecified atom stereocenters. The zero-order valence-electron chi connectivity index (χ0n) is 39.0. The lowest BCUT2D eigenvalue weighted by Crippen LogP contribution is -2.46. The fourth-order valence-electron chi connectivity index (χ4n) is 8.08. The fourth-order valence-corrected chi connectivity index (χ4v) is 8.08. The van der Waals surface area contributed by atoms with Gasteiger partial charge in [0.1, 0.15) is 0 Å². The SMILES string of the molecule is CCN(CC)CCC(=O)N1C/C(=C\c2ccc(F)c(F)c2)C(=O)/C(=C/c2ccc(F)c(F)c2)C1.CN1CCN(CCC(=O)N2C/C(=C\c3ccc(F)c(F)c3)C(=O)/C(=C/c3ccc(F)c(F)c3)C2)CC1. The van der Waals surface area contributed by atoms with Gasteiger partial charge in [0, 0.05) is 101 Å². The molecular weight excluding hydrogens is 923 g/mol. The highest BCUT2D eigenvalue weighted by molar-refractivity contribution is 6.16. The molecule has 4 aromatic carbocycles. The summed E-state index contributed by atoms with van der Waals surface area (Å²) in [5.74, 6) is -9.37. The topological polar surface area (TPSA) is 84.5 Å². The van der Waals surface area contributed by atoms with Crippen molar-refractivity contribution in [2.24, 2.45) is 0 Å². The smallest absolute Gasteiger partial charge is 0.224 e. The lowest BCUT2D eigenvalue weighted by molar-refractivity contribution is -0.132. The first-order valence-corrected chi connectivity index (χ1v) is 22.8. The highest BCUT2D eigenvalue weighted by atomic mass is 19.2. The van der Waals surface area contributed by atoms with Crippen LogP contribution in [0.25, 0.3) is 24.3 Å². The molecular formula is C53H53F8N5O4. The summed E-state index contributed by atoms with van der Waals surface area (Å²) < 4.78 is 108. The molecule has 0 saturated carbocycles. The van der Waals surface area contributed by atoms with E-state index in [2.05, 4.69) is 21.7 Å². The maximum atomic E-state index is 13.7. The molecule has 0 atom stereocenters. The van der Waals surface area contributed by atoms with Gasteiger partial charge in [0.05, 0.1) is 0 Å². The van der Waals surface area contributed by atoms with Gasteiger partial charge in [-0.1, -0.05) is 38.1 Å². The Morgan fingerprint density at radius 1 is 0.486 bits per heavy atom. The molecule has 2 amide bonds. The van der Waals surface area contributed by atoms with E-state index >= 15 is 0 Å². The largest absolute Gasteiger partial charge is 0.334 e. The Hall–Kier alpha value is -6.56. The Kier molecular flexibility index (Phi) is 18.3. The Morgan fingerprint density at radius 2 is 0.800 bits per heavy atom. The molecule has 4 aromatic rings. The van der Waals surface area contributed by atoms with Gasteiger partial charge in [-0.3, -0.25) is 19.2 Å². The fraction of sp³-hybridized carbons (Fsp3) is 0.321. The molecule has 0 N–H and O–H groups in total. The number of halogens is 8. The summed E-state index contributed by atoms with van der Waals surface area (Å²) in [6, 6.07) is 13.1. The number of rotatable bonds is 12. The monoisotopic (exact) mass is 975 g/mol. The lowest BCUT2D eigenvalue weighted by atomic mass is 9.94. The standard InChI is InChI=1S/C27H27F4N3O2.C26H26F4N2O2/c1-32-8-10-33(11-9-32)7-6-26(35)34-16-20(12-18-2-4-22(28)24(30)14-18)27(36)21(17-34)13-19-3-5-23(29)25(31)15-19;1-3-31(4-2)10-9-25(33)32-15-19(11-17-5-7-21(27)23(29)13-17)26(34)20(16-32)12-18-6-8-22(28)24(30)14-18/h2-5,12-15H,6-11,16-17H2,1H3;5-8,11-14H,3-4,9-10,15-16H2,1-2H3/b20-12+,21-13+;19-11+,20-12+. The van der Waals surface area contributed by atoms with Crippen LogP contribution in [0.2, 0.25) is 0 Å². The number of carbonyl (C=O) groups excluding carboxylic acids is 4. The minimum atomic E-state index is -1.05. The first kappa shape index (κ1) is 52.8. The zero-order valence-corrected chi connectivity index (χ0v) is 39.0. The van der Waals surface area contributed by atoms with Gasteiger partial charge >= 0.3 is 0 Å². The molecule has 0 bridgehead atoms. The van der Waals surface area contributed by atoms with Crippen LogP contribution < -0.4 is 0 Å². The van der Waals surface area contributed by atoms with Crippen LogP contribution in [0.1, 0.15) is 48.9 Å². The lowest BCUT2D eigenvalue weighted by Gasteiger charge is -2.34. The first-order chi connectivity index (χ1) is 33.4. The molecule has 3 aliphatic heterocycles. The average Bonchev–Trinajstić information content (AvgIpc) is 3.33. The van der Waals surface area contributed by atoms with Crippen molar-refractivity contribution < 1.29 is 54.3 Å². The van der Waals surface area contributed by atoms with Crippen molar-refractivity contribution in [1.82, 2.24) is 24.5 Å². The second-order valence-electron chi connectivity index (χ2n) is 17.2. The molecule has 0 radical (unpaired) electrons. The highest BCUT2D eigenvalue weighted by Gasteiger charge is 2.31. The molecule has 70 heavy (non-hydrogen) atoms. The number of hydrogen-bond acceptors (Lipinski definition) is 7. The van der Waals surface area contributed by atoms with E-state index in [4.69, 9.17) is 0 Å². The molecule has 0 aliphatic carbocycles. The number of hydrogen-bond donors (Lipinski definition) is 0. The van der Waals surface area contributed by atoms with Crippen molar-refractivity contribution in [3.05, 3.63) is 164 Å². The van der Waals surface area contributed by atoms with Crippen LogP contribution in [0.5, 0.6) is 0 Å². The third-order valence-electron chi connectivity index (χ3n) is 12.2. The minimum Gasteiger partial charge on any atom is -0.334 e. The van der Waals surface area contributed by atoms with Crippen LogP contribution >= 0.6 is 0 Å². The number of piperazine rings is 1. The number of ketones is 2. The number of Topliss-reactive ketones (excluding diaryl/α,β-unsaturated/α-hetero) is 2. The van der Waals surface area contributed by atoms with E-state index in [1.54, 1.807) is 0 Å². The molecule has 3 saturated heterocycles. The van der Waals surface area contributed by atoms with Crippen LogP contribution in [-0.2, 0) is 19.2 Å². The van der Waals surface area contributed by atoms with Crippen molar-refractivity contribution in [2.75, 3.05) is 85.6 Å². The van der Waals surface area contributed by atoms with Crippen molar-refractivity contribution in [1.29, 1.82) is 0 Å². The van der Waals surface area contributed by atoms with Crippen LogP contribution in [0.15, 0.2) is 95.1 Å². The highest BCUT2D eigenvalue weighted by Crippen LogP contribution is 2.26. The van der Waals surface area contributed by atoms with Gasteiger partial charge in [-0.15, -0.1) is 0 Å². The van der Waals surface area contributed by atoms with Crippen molar-refractivity contribution in [3.63, 3.8) is 0 Å². The van der Waals surface area contributed by atoms with Crippen LogP contribution in [-0.4, -0.2) is 133 Å². The van der Waals surface area contributed by atoms with Crippen molar-refractivity contribution >= 4 is 47.7 Å². The Bertz CT molecular complexity index is 2580. The molecule has 17 heteroatoms. The molecule has 7 rings (SSSR count). The van der Waals surface area contributed by atoms with E-state index in [1.165, 1.54) is 58.4 Å². The molecule has 0 spiro atoms. The summed E-state index contributed by atoms with van der Waals surface area (Å²) in [6.07, 6.45) is 6.16.